The minimum absolute atomic E-state index is 0.228. The van der Waals surface area contributed by atoms with Crippen molar-refractivity contribution in [1.82, 2.24) is 5.32 Å². The number of aliphatic imine (C=N–C) groups is 1. The van der Waals surface area contributed by atoms with E-state index in [0.29, 0.717) is 17.0 Å². The lowest BCUT2D eigenvalue weighted by Gasteiger charge is -2.05. The zero-order chi connectivity index (χ0) is 12.7. The Morgan fingerprint density at radius 2 is 2.29 bits per heavy atom. The average molecular weight is 300 g/mol. The van der Waals surface area contributed by atoms with Gasteiger partial charge in [0.1, 0.15) is 5.75 Å². The summed E-state index contributed by atoms with van der Waals surface area (Å²) in [4.78, 5) is 4.22. The van der Waals surface area contributed by atoms with E-state index in [9.17, 15) is 5.11 Å². The molecule has 4 nitrogen and oxygen atoms in total. The number of benzene rings is 1. The highest BCUT2D eigenvalue weighted by atomic mass is 79.9. The molecule has 1 rings (SSSR count). The van der Waals surface area contributed by atoms with Crippen LogP contribution in [0.5, 0.6) is 5.75 Å². The predicted molar refractivity (Wildman–Crippen MR) is 74.0 cm³/mol. The Bertz CT molecular complexity index is 393. The van der Waals surface area contributed by atoms with Crippen molar-refractivity contribution >= 4 is 21.9 Å². The number of phenolic OH excluding ortho intramolecular Hbond substituents is 1. The van der Waals surface area contributed by atoms with E-state index in [0.717, 1.165) is 24.9 Å². The van der Waals surface area contributed by atoms with Crippen LogP contribution < -0.4 is 11.1 Å². The van der Waals surface area contributed by atoms with E-state index < -0.39 is 0 Å². The molecule has 0 aromatic heterocycles. The zero-order valence-electron chi connectivity index (χ0n) is 9.91. The van der Waals surface area contributed by atoms with Gasteiger partial charge in [0.15, 0.2) is 5.96 Å². The number of aromatic hydroxyl groups is 1. The topological polar surface area (TPSA) is 70.6 Å². The number of nitrogens with one attached hydrogen (secondary N) is 1. The second kappa shape index (κ2) is 7.17. The first kappa shape index (κ1) is 13.8. The van der Waals surface area contributed by atoms with Gasteiger partial charge in [-0.3, -0.25) is 0 Å². The third-order valence-electron chi connectivity index (χ3n) is 2.28. The van der Waals surface area contributed by atoms with E-state index in [1.807, 2.05) is 12.1 Å². The number of nitrogens with two attached hydrogens (primary N) is 1. The Kier molecular flexibility index (Phi) is 5.83. The van der Waals surface area contributed by atoms with Gasteiger partial charge in [-0.2, -0.15) is 0 Å². The molecular formula is C12H18BrN3O. The largest absolute Gasteiger partial charge is 0.507 e. The standard InChI is InChI=1S/C12H18BrN3O/c1-2-3-6-15-12(14)16-8-9-4-5-11(17)10(13)7-9/h4-5,7,17H,2-3,6,8H2,1H3,(H3,14,15,16). The molecule has 0 aliphatic rings. The Morgan fingerprint density at radius 3 is 2.94 bits per heavy atom. The average Bonchev–Trinajstić information content (AvgIpc) is 2.31. The second-order valence-electron chi connectivity index (χ2n) is 3.77. The van der Waals surface area contributed by atoms with Crippen molar-refractivity contribution in [3.63, 3.8) is 0 Å². The molecule has 0 atom stereocenters. The van der Waals surface area contributed by atoms with Gasteiger partial charge in [-0.05, 0) is 40.0 Å². The van der Waals surface area contributed by atoms with E-state index in [1.165, 1.54) is 0 Å². The highest BCUT2D eigenvalue weighted by Gasteiger charge is 1.99. The fraction of sp³-hybridized carbons (Fsp3) is 0.417. The monoisotopic (exact) mass is 299 g/mol. The lowest BCUT2D eigenvalue weighted by atomic mass is 10.2. The van der Waals surface area contributed by atoms with E-state index in [-0.39, 0.29) is 5.75 Å². The molecule has 0 spiro atoms. The molecule has 1 aromatic rings. The van der Waals surface area contributed by atoms with E-state index in [1.54, 1.807) is 6.07 Å². The maximum atomic E-state index is 9.34. The molecule has 5 heteroatoms. The van der Waals surface area contributed by atoms with Crippen LogP contribution in [-0.4, -0.2) is 17.6 Å². The molecule has 0 fully saturated rings. The van der Waals surface area contributed by atoms with Crippen LogP contribution in [0.4, 0.5) is 0 Å². The maximum absolute atomic E-state index is 9.34. The second-order valence-corrected chi connectivity index (χ2v) is 4.62. The minimum Gasteiger partial charge on any atom is -0.507 e. The molecule has 0 amide bonds. The molecule has 0 aliphatic heterocycles. The van der Waals surface area contributed by atoms with Crippen LogP contribution >= 0.6 is 15.9 Å². The molecule has 4 N–H and O–H groups in total. The van der Waals surface area contributed by atoms with Crippen LogP contribution in [0.25, 0.3) is 0 Å². The highest BCUT2D eigenvalue weighted by molar-refractivity contribution is 9.10. The summed E-state index contributed by atoms with van der Waals surface area (Å²) in [5.41, 5.74) is 6.70. The van der Waals surface area contributed by atoms with Crippen LogP contribution in [0.2, 0.25) is 0 Å². The molecule has 1 aromatic carbocycles. The summed E-state index contributed by atoms with van der Waals surface area (Å²) in [5, 5.41) is 12.4. The summed E-state index contributed by atoms with van der Waals surface area (Å²) in [6.07, 6.45) is 2.21. The van der Waals surface area contributed by atoms with Gasteiger partial charge in [0.2, 0.25) is 0 Å². The number of nitrogens with zero attached hydrogens (tertiary/aromatic N) is 1. The van der Waals surface area contributed by atoms with Crippen LogP contribution in [0, 0.1) is 0 Å². The molecular weight excluding hydrogens is 282 g/mol. The molecule has 0 saturated carbocycles. The fourth-order valence-corrected chi connectivity index (χ4v) is 1.70. The predicted octanol–water partition coefficient (Wildman–Crippen LogP) is 2.36. The molecule has 0 heterocycles. The van der Waals surface area contributed by atoms with Gasteiger partial charge < -0.3 is 16.2 Å². The third-order valence-corrected chi connectivity index (χ3v) is 2.92. The van der Waals surface area contributed by atoms with E-state index in [4.69, 9.17) is 5.73 Å². The Hall–Kier alpha value is -1.23. The highest BCUT2D eigenvalue weighted by Crippen LogP contribution is 2.24. The van der Waals surface area contributed by atoms with Crippen molar-refractivity contribution in [3.05, 3.63) is 28.2 Å². The van der Waals surface area contributed by atoms with Gasteiger partial charge in [0, 0.05) is 6.54 Å². The lowest BCUT2D eigenvalue weighted by Crippen LogP contribution is -2.32. The van der Waals surface area contributed by atoms with Gasteiger partial charge in [-0.15, -0.1) is 0 Å². The Morgan fingerprint density at radius 1 is 1.53 bits per heavy atom. The number of rotatable bonds is 5. The summed E-state index contributed by atoms with van der Waals surface area (Å²) in [5.74, 6) is 0.689. The number of halogens is 1. The molecule has 94 valence electrons. The first-order valence-electron chi connectivity index (χ1n) is 5.64. The normalized spacial score (nSPS) is 11.5. The van der Waals surface area contributed by atoms with Gasteiger partial charge in [0.05, 0.1) is 11.0 Å². The molecule has 0 unspecified atom stereocenters. The molecule has 17 heavy (non-hydrogen) atoms. The van der Waals surface area contributed by atoms with Crippen molar-refractivity contribution in [2.45, 2.75) is 26.3 Å². The number of hydrogen-bond donors (Lipinski definition) is 3. The Labute approximate surface area is 110 Å². The smallest absolute Gasteiger partial charge is 0.188 e. The van der Waals surface area contributed by atoms with Crippen LogP contribution in [0.1, 0.15) is 25.3 Å². The molecule has 0 saturated heterocycles. The summed E-state index contributed by atoms with van der Waals surface area (Å²) in [7, 11) is 0. The minimum atomic E-state index is 0.228. The van der Waals surface area contributed by atoms with Crippen molar-refractivity contribution in [2.24, 2.45) is 10.7 Å². The van der Waals surface area contributed by atoms with Crippen LogP contribution in [-0.2, 0) is 6.54 Å². The van der Waals surface area contributed by atoms with Gasteiger partial charge >= 0.3 is 0 Å². The van der Waals surface area contributed by atoms with Gasteiger partial charge in [-0.25, -0.2) is 4.99 Å². The van der Waals surface area contributed by atoms with Crippen molar-refractivity contribution in [1.29, 1.82) is 0 Å². The summed E-state index contributed by atoms with van der Waals surface area (Å²) >= 11 is 3.26. The van der Waals surface area contributed by atoms with Crippen LogP contribution in [0.3, 0.4) is 0 Å². The van der Waals surface area contributed by atoms with Crippen molar-refractivity contribution in [2.75, 3.05) is 6.54 Å². The number of hydrogen-bond acceptors (Lipinski definition) is 2. The summed E-state index contributed by atoms with van der Waals surface area (Å²) < 4.78 is 0.669. The van der Waals surface area contributed by atoms with Crippen LogP contribution in [0.15, 0.2) is 27.7 Å². The zero-order valence-corrected chi connectivity index (χ0v) is 11.5. The molecule has 0 aliphatic carbocycles. The fourth-order valence-electron chi connectivity index (χ4n) is 1.27. The molecule has 0 bridgehead atoms. The number of unbranched alkanes of at least 4 members (excludes halogenated alkanes) is 1. The quantitative estimate of drug-likeness (QED) is 0.444. The van der Waals surface area contributed by atoms with Crippen molar-refractivity contribution in [3.8, 4) is 5.75 Å². The third kappa shape index (κ3) is 5.08. The van der Waals surface area contributed by atoms with Crippen molar-refractivity contribution < 1.29 is 5.11 Å². The lowest BCUT2D eigenvalue weighted by molar-refractivity contribution is 0.471. The van der Waals surface area contributed by atoms with E-state index >= 15 is 0 Å². The summed E-state index contributed by atoms with van der Waals surface area (Å²) in [6, 6.07) is 5.29. The first-order chi connectivity index (χ1) is 8.13. The maximum Gasteiger partial charge on any atom is 0.188 e. The van der Waals surface area contributed by atoms with Gasteiger partial charge in [-0.1, -0.05) is 19.4 Å². The van der Waals surface area contributed by atoms with E-state index in [2.05, 4.69) is 33.2 Å². The SMILES string of the molecule is CCCCNC(N)=NCc1ccc(O)c(Br)c1. The Balaban J connectivity index is 2.48. The number of phenols is 1. The molecule has 0 radical (unpaired) electrons. The van der Waals surface area contributed by atoms with Gasteiger partial charge in [0.25, 0.3) is 0 Å². The first-order valence-corrected chi connectivity index (χ1v) is 6.44. The summed E-state index contributed by atoms with van der Waals surface area (Å²) in [6.45, 7) is 3.48. The number of guanidine groups is 1.